The zero-order valence-corrected chi connectivity index (χ0v) is 10.6. The Labute approximate surface area is 93.9 Å². The van der Waals surface area contributed by atoms with E-state index in [1.807, 2.05) is 6.08 Å². The van der Waals surface area contributed by atoms with Gasteiger partial charge in [0.25, 0.3) is 0 Å². The lowest BCUT2D eigenvalue weighted by atomic mass is 10.1. The zero-order valence-electron chi connectivity index (χ0n) is 6.65. The fraction of sp³-hybridized carbons (Fsp3) is 0.333. The van der Waals surface area contributed by atoms with Crippen molar-refractivity contribution in [2.24, 2.45) is 0 Å². The van der Waals surface area contributed by atoms with E-state index in [1.54, 1.807) is 11.3 Å². The van der Waals surface area contributed by atoms with Crippen LogP contribution < -0.4 is 0 Å². The van der Waals surface area contributed by atoms with E-state index in [1.165, 1.54) is 19.6 Å². The van der Waals surface area contributed by atoms with Crippen LogP contribution in [0.25, 0.3) is 0 Å². The van der Waals surface area contributed by atoms with Gasteiger partial charge in [-0.05, 0) is 62.8 Å². The van der Waals surface area contributed by atoms with Crippen molar-refractivity contribution in [3.63, 3.8) is 0 Å². The first-order chi connectivity index (χ1) is 5.74. The molecule has 0 radical (unpaired) electrons. The maximum atomic E-state index is 3.70. The molecule has 1 heterocycles. The molecule has 0 N–H and O–H groups in total. The number of hydrogen-bond donors (Lipinski definition) is 0. The van der Waals surface area contributed by atoms with Crippen molar-refractivity contribution < 1.29 is 0 Å². The highest BCUT2D eigenvalue weighted by atomic mass is 79.9. The van der Waals surface area contributed by atoms with Crippen molar-refractivity contribution in [1.29, 1.82) is 0 Å². The third-order valence-electron chi connectivity index (χ3n) is 1.58. The summed E-state index contributed by atoms with van der Waals surface area (Å²) < 4.78 is 2.45. The summed E-state index contributed by atoms with van der Waals surface area (Å²) in [7, 11) is 0. The first kappa shape index (κ1) is 10.5. The number of aryl methyl sites for hydroxylation is 1. The highest BCUT2D eigenvalue weighted by molar-refractivity contribution is 9.12. The van der Waals surface area contributed by atoms with Gasteiger partial charge in [-0.1, -0.05) is 6.08 Å². The monoisotopic (exact) mass is 308 g/mol. The molecule has 0 aliphatic heterocycles. The van der Waals surface area contributed by atoms with Crippen LogP contribution in [-0.4, -0.2) is 0 Å². The minimum absolute atomic E-state index is 1.10. The molecule has 0 aliphatic carbocycles. The molecule has 0 unspecified atom stereocenters. The van der Waals surface area contributed by atoms with Crippen LogP contribution in [0.2, 0.25) is 0 Å². The molecule has 12 heavy (non-hydrogen) atoms. The Kier molecular flexibility index (Phi) is 4.54. The molecule has 1 rings (SSSR count). The van der Waals surface area contributed by atoms with E-state index >= 15 is 0 Å². The van der Waals surface area contributed by atoms with Gasteiger partial charge in [0.2, 0.25) is 0 Å². The second-order valence-corrected chi connectivity index (χ2v) is 6.28. The second-order valence-electron chi connectivity index (χ2n) is 2.53. The smallest absolute Gasteiger partial charge is 0.0742 e. The fourth-order valence-electron chi connectivity index (χ4n) is 0.982. The Bertz CT molecular complexity index is 265. The average Bonchev–Trinajstić information content (AvgIpc) is 2.31. The Morgan fingerprint density at radius 2 is 2.25 bits per heavy atom. The van der Waals surface area contributed by atoms with Crippen molar-refractivity contribution >= 4 is 43.2 Å². The summed E-state index contributed by atoms with van der Waals surface area (Å²) in [5.74, 6) is 0. The van der Waals surface area contributed by atoms with Crippen molar-refractivity contribution in [1.82, 2.24) is 0 Å². The summed E-state index contributed by atoms with van der Waals surface area (Å²) in [5, 5.41) is 0. The van der Waals surface area contributed by atoms with Gasteiger partial charge in [-0.3, -0.25) is 0 Å². The molecule has 0 aliphatic rings. The van der Waals surface area contributed by atoms with Crippen LogP contribution in [0, 0.1) is 0 Å². The number of unbranched alkanes of at least 4 members (excludes halogenated alkanes) is 1. The lowest BCUT2D eigenvalue weighted by Crippen LogP contribution is -1.80. The predicted octanol–water partition coefficient (Wildman–Crippen LogP) is 4.78. The quantitative estimate of drug-likeness (QED) is 0.554. The molecule has 1 aromatic heterocycles. The van der Waals surface area contributed by atoms with Gasteiger partial charge in [0.05, 0.1) is 7.57 Å². The summed E-state index contributed by atoms with van der Waals surface area (Å²) in [4.78, 5) is 0. The summed E-state index contributed by atoms with van der Waals surface area (Å²) in [6.45, 7) is 3.70. The maximum Gasteiger partial charge on any atom is 0.0742 e. The minimum Gasteiger partial charge on any atom is -0.121 e. The number of rotatable bonds is 4. The molecular formula is C9H10Br2S. The molecule has 0 spiro atoms. The molecular weight excluding hydrogens is 300 g/mol. The summed E-state index contributed by atoms with van der Waals surface area (Å²) in [6.07, 6.45) is 5.38. The molecule has 66 valence electrons. The Balaban J connectivity index is 2.50. The van der Waals surface area contributed by atoms with Crippen molar-refractivity contribution in [2.45, 2.75) is 19.3 Å². The van der Waals surface area contributed by atoms with Gasteiger partial charge >= 0.3 is 0 Å². The molecule has 0 aromatic carbocycles. The van der Waals surface area contributed by atoms with Gasteiger partial charge in [-0.15, -0.1) is 17.9 Å². The SMILES string of the molecule is C=CCCCc1cc(Br)sc1Br. The van der Waals surface area contributed by atoms with E-state index in [4.69, 9.17) is 0 Å². The normalized spacial score (nSPS) is 10.2. The van der Waals surface area contributed by atoms with Gasteiger partial charge in [0.15, 0.2) is 0 Å². The predicted molar refractivity (Wildman–Crippen MR) is 62.9 cm³/mol. The van der Waals surface area contributed by atoms with Crippen LogP contribution in [0.1, 0.15) is 18.4 Å². The second kappa shape index (κ2) is 5.20. The van der Waals surface area contributed by atoms with Gasteiger partial charge in [0, 0.05) is 0 Å². The van der Waals surface area contributed by atoms with E-state index in [9.17, 15) is 0 Å². The number of hydrogen-bond acceptors (Lipinski definition) is 1. The molecule has 0 atom stereocenters. The first-order valence-corrected chi connectivity index (χ1v) is 6.19. The standard InChI is InChI=1S/C9H10Br2S/c1-2-3-4-5-7-6-8(10)12-9(7)11/h2,6H,1,3-5H2. The first-order valence-electron chi connectivity index (χ1n) is 3.78. The Hall–Kier alpha value is 0.400. The number of halogens is 2. The minimum atomic E-state index is 1.10. The maximum absolute atomic E-state index is 3.70. The van der Waals surface area contributed by atoms with Crippen molar-refractivity contribution in [2.75, 3.05) is 0 Å². The molecule has 0 saturated heterocycles. The molecule has 0 saturated carbocycles. The van der Waals surface area contributed by atoms with Gasteiger partial charge in [0.1, 0.15) is 0 Å². The summed E-state index contributed by atoms with van der Waals surface area (Å²) in [5.41, 5.74) is 1.40. The lowest BCUT2D eigenvalue weighted by Gasteiger charge is -1.94. The molecule has 1 aromatic rings. The third-order valence-corrected chi connectivity index (χ3v) is 4.05. The zero-order chi connectivity index (χ0) is 8.97. The molecule has 0 bridgehead atoms. The molecule has 0 nitrogen and oxygen atoms in total. The fourth-order valence-corrected chi connectivity index (χ4v) is 3.90. The van der Waals surface area contributed by atoms with Gasteiger partial charge in [-0.2, -0.15) is 0 Å². The van der Waals surface area contributed by atoms with E-state index in [2.05, 4.69) is 44.5 Å². The van der Waals surface area contributed by atoms with Crippen molar-refractivity contribution in [3.8, 4) is 0 Å². The Morgan fingerprint density at radius 3 is 2.75 bits per heavy atom. The van der Waals surface area contributed by atoms with Crippen LogP contribution in [-0.2, 0) is 6.42 Å². The Morgan fingerprint density at radius 1 is 1.50 bits per heavy atom. The summed E-state index contributed by atoms with van der Waals surface area (Å²) in [6, 6.07) is 2.18. The van der Waals surface area contributed by atoms with E-state index in [-0.39, 0.29) is 0 Å². The van der Waals surface area contributed by atoms with Gasteiger partial charge < -0.3 is 0 Å². The highest BCUT2D eigenvalue weighted by Gasteiger charge is 2.03. The highest BCUT2D eigenvalue weighted by Crippen LogP contribution is 2.32. The van der Waals surface area contributed by atoms with Crippen LogP contribution in [0.4, 0.5) is 0 Å². The van der Waals surface area contributed by atoms with Crippen LogP contribution in [0.3, 0.4) is 0 Å². The van der Waals surface area contributed by atoms with Gasteiger partial charge in [-0.25, -0.2) is 0 Å². The largest absolute Gasteiger partial charge is 0.121 e. The third kappa shape index (κ3) is 3.04. The van der Waals surface area contributed by atoms with Crippen molar-refractivity contribution in [3.05, 3.63) is 31.9 Å². The van der Waals surface area contributed by atoms with Crippen LogP contribution in [0.15, 0.2) is 26.3 Å². The van der Waals surface area contributed by atoms with E-state index < -0.39 is 0 Å². The molecule has 0 amide bonds. The number of allylic oxidation sites excluding steroid dienone is 1. The average molecular weight is 310 g/mol. The lowest BCUT2D eigenvalue weighted by molar-refractivity contribution is 0.844. The van der Waals surface area contributed by atoms with Crippen LogP contribution >= 0.6 is 43.2 Å². The summed E-state index contributed by atoms with van der Waals surface area (Å²) >= 11 is 8.73. The van der Waals surface area contributed by atoms with Crippen LogP contribution in [0.5, 0.6) is 0 Å². The van der Waals surface area contributed by atoms with E-state index in [0.29, 0.717) is 0 Å². The topological polar surface area (TPSA) is 0 Å². The number of thiophene rings is 1. The molecule has 3 heteroatoms. The molecule has 0 fully saturated rings. The van der Waals surface area contributed by atoms with E-state index in [0.717, 1.165) is 12.8 Å².